The third kappa shape index (κ3) is 4.36. The fourth-order valence-electron chi connectivity index (χ4n) is 3.72. The number of nitrogens with zero attached hydrogens (tertiary/aromatic N) is 3. The van der Waals surface area contributed by atoms with Crippen molar-refractivity contribution in [2.24, 2.45) is 0 Å². The minimum atomic E-state index is -0.671. The van der Waals surface area contributed by atoms with Crippen LogP contribution in [-0.4, -0.2) is 44.4 Å². The monoisotopic (exact) mass is 449 g/mol. The quantitative estimate of drug-likeness (QED) is 0.231. The number of rotatable bonds is 9. The maximum atomic E-state index is 13.0. The maximum absolute atomic E-state index is 13.0. The highest BCUT2D eigenvalue weighted by atomic mass is 32.1. The molecular weight excluding hydrogens is 426 g/mol. The highest BCUT2D eigenvalue weighted by Gasteiger charge is 2.46. The first kappa shape index (κ1) is 21.6. The Kier molecular flexibility index (Phi) is 6.51. The van der Waals surface area contributed by atoms with Gasteiger partial charge in [-0.3, -0.25) is 9.59 Å². The predicted molar refractivity (Wildman–Crippen MR) is 122 cm³/mol. The lowest BCUT2D eigenvalue weighted by Gasteiger charge is -2.24. The van der Waals surface area contributed by atoms with Gasteiger partial charge < -0.3 is 19.3 Å². The van der Waals surface area contributed by atoms with Crippen LogP contribution in [0.15, 0.2) is 78.7 Å². The average Bonchev–Trinajstić information content (AvgIpc) is 3.56. The van der Waals surface area contributed by atoms with Crippen LogP contribution < -0.4 is 4.74 Å². The predicted octanol–water partition coefficient (Wildman–Crippen LogP) is 4.02. The largest absolute Gasteiger partial charge is 0.507 e. The van der Waals surface area contributed by atoms with Gasteiger partial charge in [-0.05, 0) is 42.1 Å². The molecule has 1 fully saturated rings. The van der Waals surface area contributed by atoms with E-state index in [4.69, 9.17) is 4.74 Å². The fraction of sp³-hybridized carbons (Fsp3) is 0.208. The van der Waals surface area contributed by atoms with Crippen LogP contribution in [0.4, 0.5) is 0 Å². The number of aliphatic hydroxyl groups excluding tert-OH is 1. The molecule has 164 valence electrons. The average molecular weight is 450 g/mol. The Morgan fingerprint density at radius 2 is 2.03 bits per heavy atom. The normalized spacial score (nSPS) is 17.6. The molecule has 1 atom stereocenters. The molecule has 32 heavy (non-hydrogen) atoms. The molecule has 7 nitrogen and oxygen atoms in total. The van der Waals surface area contributed by atoms with Gasteiger partial charge in [0.2, 0.25) is 0 Å². The first-order valence-electron chi connectivity index (χ1n) is 10.2. The molecule has 1 saturated heterocycles. The molecule has 0 unspecified atom stereocenters. The van der Waals surface area contributed by atoms with Crippen molar-refractivity contribution in [1.82, 2.24) is 14.5 Å². The number of aromatic nitrogens is 2. The van der Waals surface area contributed by atoms with E-state index in [2.05, 4.69) is 11.6 Å². The minimum absolute atomic E-state index is 0.111. The van der Waals surface area contributed by atoms with E-state index >= 15 is 0 Å². The van der Waals surface area contributed by atoms with Crippen LogP contribution in [0.3, 0.4) is 0 Å². The van der Waals surface area contributed by atoms with Crippen LogP contribution >= 0.6 is 11.3 Å². The molecule has 1 amide bonds. The molecule has 8 heteroatoms. The van der Waals surface area contributed by atoms with Gasteiger partial charge in [0.1, 0.15) is 18.1 Å². The van der Waals surface area contributed by atoms with Gasteiger partial charge in [-0.2, -0.15) is 0 Å². The number of benzene rings is 1. The van der Waals surface area contributed by atoms with Gasteiger partial charge in [-0.15, -0.1) is 11.3 Å². The van der Waals surface area contributed by atoms with Gasteiger partial charge in [-0.25, -0.2) is 4.98 Å². The second-order valence-electron chi connectivity index (χ2n) is 7.29. The lowest BCUT2D eigenvalue weighted by Crippen LogP contribution is -2.31. The van der Waals surface area contributed by atoms with Crippen molar-refractivity contribution in [3.8, 4) is 5.75 Å². The second-order valence-corrected chi connectivity index (χ2v) is 8.27. The first-order valence-corrected chi connectivity index (χ1v) is 11.1. The van der Waals surface area contributed by atoms with Crippen molar-refractivity contribution >= 4 is 28.8 Å². The lowest BCUT2D eigenvalue weighted by molar-refractivity contribution is -0.139. The SMILES string of the molecule is C=CCOc1ccc(/C(O)=C2\C(=O)C(=O)N(CCCn3ccnc3)[C@@H]2c2cccs2)cc1. The van der Waals surface area contributed by atoms with Crippen LogP contribution in [0.25, 0.3) is 5.76 Å². The molecule has 0 spiro atoms. The number of carbonyl (C=O) groups is 2. The van der Waals surface area contributed by atoms with Gasteiger partial charge in [0.05, 0.1) is 17.9 Å². The highest BCUT2D eigenvalue weighted by Crippen LogP contribution is 2.41. The third-order valence-corrected chi connectivity index (χ3v) is 6.15. The number of hydrogen-bond donors (Lipinski definition) is 1. The number of hydrogen-bond acceptors (Lipinski definition) is 6. The van der Waals surface area contributed by atoms with E-state index < -0.39 is 17.7 Å². The molecule has 3 heterocycles. The van der Waals surface area contributed by atoms with E-state index in [1.807, 2.05) is 28.3 Å². The summed E-state index contributed by atoms with van der Waals surface area (Å²) in [6, 6.07) is 9.90. The van der Waals surface area contributed by atoms with Crippen LogP contribution in [0.5, 0.6) is 5.75 Å². The molecule has 1 aliphatic rings. The summed E-state index contributed by atoms with van der Waals surface area (Å²) in [6.07, 6.45) is 7.57. The lowest BCUT2D eigenvalue weighted by atomic mass is 10.00. The Hall–Kier alpha value is -3.65. The fourth-order valence-corrected chi connectivity index (χ4v) is 4.56. The Morgan fingerprint density at radius 1 is 1.22 bits per heavy atom. The van der Waals surface area contributed by atoms with Crippen LogP contribution in [-0.2, 0) is 16.1 Å². The number of thiophene rings is 1. The molecule has 0 aliphatic carbocycles. The Labute approximate surface area is 189 Å². The molecule has 0 radical (unpaired) electrons. The Bertz CT molecular complexity index is 1120. The van der Waals surface area contributed by atoms with E-state index in [9.17, 15) is 14.7 Å². The van der Waals surface area contributed by atoms with Gasteiger partial charge in [-0.1, -0.05) is 18.7 Å². The summed E-state index contributed by atoms with van der Waals surface area (Å²) < 4.78 is 7.40. The molecule has 2 aromatic heterocycles. The minimum Gasteiger partial charge on any atom is -0.507 e. The summed E-state index contributed by atoms with van der Waals surface area (Å²) in [7, 11) is 0. The smallest absolute Gasteiger partial charge is 0.295 e. The standard InChI is InChI=1S/C24H23N3O4S/c1-2-14-31-18-8-6-17(7-9-18)22(28)20-21(19-5-3-15-32-19)27(24(30)23(20)29)12-4-11-26-13-10-25-16-26/h2-3,5-10,13,15-16,21,28H,1,4,11-12,14H2/b22-20+/t21-/m1/s1. The maximum Gasteiger partial charge on any atom is 0.295 e. The zero-order valence-electron chi connectivity index (χ0n) is 17.4. The number of likely N-dealkylation sites (tertiary alicyclic amines) is 1. The van der Waals surface area contributed by atoms with Crippen LogP contribution in [0.1, 0.15) is 22.9 Å². The van der Waals surface area contributed by atoms with Gasteiger partial charge >= 0.3 is 0 Å². The van der Waals surface area contributed by atoms with Crippen LogP contribution in [0.2, 0.25) is 0 Å². The molecule has 1 aliphatic heterocycles. The van der Waals surface area contributed by atoms with Crippen molar-refractivity contribution in [3.05, 3.63) is 89.2 Å². The van der Waals surface area contributed by atoms with E-state index in [-0.39, 0.29) is 11.3 Å². The van der Waals surface area contributed by atoms with Crippen molar-refractivity contribution < 1.29 is 19.4 Å². The summed E-state index contributed by atoms with van der Waals surface area (Å²) in [4.78, 5) is 32.3. The zero-order chi connectivity index (χ0) is 22.5. The van der Waals surface area contributed by atoms with Crippen molar-refractivity contribution in [3.63, 3.8) is 0 Å². The van der Waals surface area contributed by atoms with Crippen LogP contribution in [0, 0.1) is 0 Å². The number of imidazole rings is 1. The van der Waals surface area contributed by atoms with E-state index in [0.717, 1.165) is 4.88 Å². The van der Waals surface area contributed by atoms with Crippen molar-refractivity contribution in [1.29, 1.82) is 0 Å². The van der Waals surface area contributed by atoms with Gasteiger partial charge in [0.25, 0.3) is 11.7 Å². The van der Waals surface area contributed by atoms with Crippen molar-refractivity contribution in [2.75, 3.05) is 13.2 Å². The van der Waals surface area contributed by atoms with Gasteiger partial charge in [0, 0.05) is 35.9 Å². The Morgan fingerprint density at radius 3 is 2.69 bits per heavy atom. The number of aryl methyl sites for hydroxylation is 1. The first-order chi connectivity index (χ1) is 15.6. The Balaban J connectivity index is 1.64. The van der Waals surface area contributed by atoms with E-state index in [1.54, 1.807) is 47.8 Å². The number of carbonyl (C=O) groups excluding carboxylic acids is 2. The molecule has 3 aromatic rings. The highest BCUT2D eigenvalue weighted by molar-refractivity contribution is 7.10. The number of ketones is 1. The molecule has 0 saturated carbocycles. The number of amides is 1. The molecule has 4 rings (SSSR count). The number of aliphatic hydroxyl groups is 1. The summed E-state index contributed by atoms with van der Waals surface area (Å²) in [5, 5.41) is 12.9. The second kappa shape index (κ2) is 9.65. The summed E-state index contributed by atoms with van der Waals surface area (Å²) in [6.45, 7) is 5.04. The molecule has 0 bridgehead atoms. The van der Waals surface area contributed by atoms with Crippen molar-refractivity contribution in [2.45, 2.75) is 19.0 Å². The number of ether oxygens (including phenoxy) is 1. The van der Waals surface area contributed by atoms with E-state index in [0.29, 0.717) is 37.4 Å². The summed E-state index contributed by atoms with van der Waals surface area (Å²) in [5.74, 6) is -0.831. The molecule has 1 aromatic carbocycles. The van der Waals surface area contributed by atoms with Gasteiger partial charge in [0.15, 0.2) is 0 Å². The topological polar surface area (TPSA) is 84.7 Å². The summed E-state index contributed by atoms with van der Waals surface area (Å²) in [5.41, 5.74) is 0.564. The van der Waals surface area contributed by atoms with E-state index in [1.165, 1.54) is 11.3 Å². The zero-order valence-corrected chi connectivity index (χ0v) is 18.2. The molecule has 1 N–H and O–H groups in total. The third-order valence-electron chi connectivity index (χ3n) is 5.22. The summed E-state index contributed by atoms with van der Waals surface area (Å²) >= 11 is 1.45. The number of Topliss-reactive ketones (excluding diaryl/α,β-unsaturated/α-hetero) is 1. The molecular formula is C24H23N3O4S.